The molecule has 4 rings (SSSR count). The van der Waals surface area contributed by atoms with Crippen LogP contribution in [-0.4, -0.2) is 4.98 Å². The van der Waals surface area contributed by atoms with Crippen LogP contribution < -0.4 is 5.43 Å². The molecule has 0 N–H and O–H groups in total. The van der Waals surface area contributed by atoms with Crippen LogP contribution in [0.25, 0.3) is 33.3 Å². The summed E-state index contributed by atoms with van der Waals surface area (Å²) in [5.74, 6) is 0.493. The lowest BCUT2D eigenvalue weighted by Crippen LogP contribution is -2.07. The van der Waals surface area contributed by atoms with E-state index in [1.807, 2.05) is 42.5 Å². The summed E-state index contributed by atoms with van der Waals surface area (Å²) >= 11 is 3.34. The maximum Gasteiger partial charge on any atom is 0.204 e. The zero-order valence-electron chi connectivity index (χ0n) is 10.3. The van der Waals surface area contributed by atoms with Gasteiger partial charge in [0.2, 0.25) is 5.43 Å². The summed E-state index contributed by atoms with van der Waals surface area (Å²) in [4.78, 5) is 17.0. The van der Waals surface area contributed by atoms with Crippen molar-refractivity contribution in [1.82, 2.24) is 4.98 Å². The zero-order valence-corrected chi connectivity index (χ0v) is 11.8. The third-order valence-corrected chi connectivity index (χ3v) is 4.07. The average Bonchev–Trinajstić information content (AvgIpc) is 2.51. The van der Waals surface area contributed by atoms with Crippen molar-refractivity contribution in [2.24, 2.45) is 0 Å². The standard InChI is InChI=1S/C16H8BrNO2/c17-13-15(19)10-6-2-1-5-9(10)14-16(13)20-12-8-4-3-7-11(12)18-14/h1-8H. The molecule has 0 fully saturated rings. The SMILES string of the molecule is O=c1c(Br)c2oc3ccccc3nc-2c2ccccc12. The monoisotopic (exact) mass is 325 g/mol. The first-order chi connectivity index (χ1) is 9.75. The molecule has 4 heteroatoms. The number of hydrogen-bond acceptors (Lipinski definition) is 3. The predicted molar refractivity (Wildman–Crippen MR) is 82.1 cm³/mol. The lowest BCUT2D eigenvalue weighted by atomic mass is 10.0. The molecule has 0 unspecified atom stereocenters. The molecule has 1 aliphatic carbocycles. The Bertz CT molecular complexity index is 990. The number of fused-ring (bicyclic) bond motifs is 4. The Morgan fingerprint density at radius 1 is 0.950 bits per heavy atom. The Morgan fingerprint density at radius 2 is 1.65 bits per heavy atom. The summed E-state index contributed by atoms with van der Waals surface area (Å²) in [6, 6.07) is 15.0. The molecule has 2 aromatic rings. The third-order valence-electron chi connectivity index (χ3n) is 3.35. The highest BCUT2D eigenvalue weighted by atomic mass is 79.9. The molecule has 1 heterocycles. The number of aromatic nitrogens is 1. The van der Waals surface area contributed by atoms with Crippen LogP contribution in [0.15, 0.2) is 62.2 Å². The second-order valence-corrected chi connectivity index (χ2v) is 5.34. The molecule has 0 aromatic heterocycles. The van der Waals surface area contributed by atoms with Crippen molar-refractivity contribution in [2.45, 2.75) is 0 Å². The Balaban J connectivity index is 2.34. The minimum atomic E-state index is -0.0751. The lowest BCUT2D eigenvalue weighted by molar-refractivity contribution is 0.611. The Hall–Kier alpha value is -2.20. The topological polar surface area (TPSA) is 43.1 Å². The minimum absolute atomic E-state index is 0.0751. The van der Waals surface area contributed by atoms with E-state index in [1.165, 1.54) is 0 Å². The second kappa shape index (κ2) is 4.15. The van der Waals surface area contributed by atoms with Gasteiger partial charge in [-0.05, 0) is 28.1 Å². The summed E-state index contributed by atoms with van der Waals surface area (Å²) in [7, 11) is 0. The fourth-order valence-electron chi connectivity index (χ4n) is 2.41. The molecular weight excluding hydrogens is 318 g/mol. The molecule has 20 heavy (non-hydrogen) atoms. The molecule has 0 saturated carbocycles. The number of halogens is 1. The molecule has 0 saturated heterocycles. The highest BCUT2D eigenvalue weighted by Crippen LogP contribution is 2.34. The van der Waals surface area contributed by atoms with Crippen LogP contribution in [0.3, 0.4) is 0 Å². The Morgan fingerprint density at radius 3 is 2.50 bits per heavy atom. The third kappa shape index (κ3) is 1.51. The number of hydrogen-bond donors (Lipinski definition) is 0. The van der Waals surface area contributed by atoms with Crippen LogP contribution in [0, 0.1) is 0 Å². The maximum atomic E-state index is 12.3. The summed E-state index contributed by atoms with van der Waals surface area (Å²) in [6.07, 6.45) is 0. The summed E-state index contributed by atoms with van der Waals surface area (Å²) < 4.78 is 6.28. The largest absolute Gasteiger partial charge is 0.451 e. The second-order valence-electron chi connectivity index (χ2n) is 4.55. The van der Waals surface area contributed by atoms with Gasteiger partial charge < -0.3 is 4.42 Å². The number of nitrogens with zero attached hydrogens (tertiary/aromatic N) is 1. The van der Waals surface area contributed by atoms with E-state index in [0.29, 0.717) is 26.9 Å². The number of benzene rings is 3. The number of para-hydroxylation sites is 2. The van der Waals surface area contributed by atoms with Crippen LogP contribution in [0.2, 0.25) is 0 Å². The average molecular weight is 326 g/mol. The van der Waals surface area contributed by atoms with Crippen molar-refractivity contribution < 1.29 is 4.42 Å². The first-order valence-corrected chi connectivity index (χ1v) is 6.95. The van der Waals surface area contributed by atoms with Gasteiger partial charge in [-0.25, -0.2) is 4.98 Å². The van der Waals surface area contributed by atoms with Gasteiger partial charge >= 0.3 is 0 Å². The highest BCUT2D eigenvalue weighted by molar-refractivity contribution is 9.10. The molecule has 0 bridgehead atoms. The molecule has 3 nitrogen and oxygen atoms in total. The van der Waals surface area contributed by atoms with Crippen molar-refractivity contribution in [2.75, 3.05) is 0 Å². The molecular formula is C16H8BrNO2. The van der Waals surface area contributed by atoms with E-state index < -0.39 is 0 Å². The van der Waals surface area contributed by atoms with Crippen molar-refractivity contribution in [3.8, 4) is 11.5 Å². The summed E-state index contributed by atoms with van der Waals surface area (Å²) in [5.41, 5.74) is 2.06. The quantitative estimate of drug-likeness (QED) is 0.359. The van der Waals surface area contributed by atoms with Crippen LogP contribution in [-0.2, 0) is 0 Å². The van der Waals surface area contributed by atoms with Crippen molar-refractivity contribution in [3.05, 3.63) is 63.2 Å². The number of rotatable bonds is 0. The van der Waals surface area contributed by atoms with Gasteiger partial charge in [-0.1, -0.05) is 36.4 Å². The van der Waals surface area contributed by atoms with Crippen molar-refractivity contribution in [3.63, 3.8) is 0 Å². The molecule has 2 aromatic carbocycles. The van der Waals surface area contributed by atoms with Gasteiger partial charge in [0.05, 0.1) is 0 Å². The molecule has 0 radical (unpaired) electrons. The summed E-state index contributed by atoms with van der Waals surface area (Å²) in [5, 5.41) is 1.45. The van der Waals surface area contributed by atoms with Gasteiger partial charge in [-0.15, -0.1) is 0 Å². The van der Waals surface area contributed by atoms with Crippen LogP contribution in [0.4, 0.5) is 0 Å². The molecule has 0 atom stereocenters. The van der Waals surface area contributed by atoms with Crippen molar-refractivity contribution >= 4 is 37.8 Å². The molecule has 0 amide bonds. The van der Waals surface area contributed by atoms with Gasteiger partial charge in [0, 0.05) is 10.8 Å². The first kappa shape index (κ1) is 11.6. The summed E-state index contributed by atoms with van der Waals surface area (Å²) in [6.45, 7) is 0. The van der Waals surface area contributed by atoms with Gasteiger partial charge in [-0.3, -0.25) is 4.79 Å². The normalized spacial score (nSPS) is 11.4. The van der Waals surface area contributed by atoms with Crippen LogP contribution in [0.1, 0.15) is 0 Å². The van der Waals surface area contributed by atoms with Gasteiger partial charge in [0.15, 0.2) is 11.3 Å². The van der Waals surface area contributed by atoms with E-state index in [-0.39, 0.29) is 5.43 Å². The molecule has 2 aliphatic rings. The Labute approximate surface area is 122 Å². The van der Waals surface area contributed by atoms with Gasteiger partial charge in [0.1, 0.15) is 15.7 Å². The fourth-order valence-corrected chi connectivity index (χ4v) is 2.89. The molecule has 1 aliphatic heterocycles. The highest BCUT2D eigenvalue weighted by Gasteiger charge is 2.20. The minimum Gasteiger partial charge on any atom is -0.451 e. The van der Waals surface area contributed by atoms with E-state index in [9.17, 15) is 4.79 Å². The smallest absolute Gasteiger partial charge is 0.204 e. The van der Waals surface area contributed by atoms with Crippen LogP contribution >= 0.6 is 15.9 Å². The van der Waals surface area contributed by atoms with E-state index in [1.54, 1.807) is 6.07 Å². The molecule has 96 valence electrons. The Kier molecular flexibility index (Phi) is 2.41. The fraction of sp³-hybridized carbons (Fsp3) is 0. The van der Waals surface area contributed by atoms with E-state index in [4.69, 9.17) is 4.42 Å². The van der Waals surface area contributed by atoms with Gasteiger partial charge in [0.25, 0.3) is 0 Å². The van der Waals surface area contributed by atoms with Gasteiger partial charge in [-0.2, -0.15) is 0 Å². The van der Waals surface area contributed by atoms with Crippen molar-refractivity contribution in [1.29, 1.82) is 0 Å². The molecule has 0 spiro atoms. The first-order valence-electron chi connectivity index (χ1n) is 6.15. The predicted octanol–water partition coefficient (Wildman–Crippen LogP) is 4.21. The zero-order chi connectivity index (χ0) is 13.7. The van der Waals surface area contributed by atoms with E-state index in [2.05, 4.69) is 20.9 Å². The van der Waals surface area contributed by atoms with E-state index in [0.717, 1.165) is 10.9 Å². The van der Waals surface area contributed by atoms with E-state index >= 15 is 0 Å². The lowest BCUT2D eigenvalue weighted by Gasteiger charge is -2.10. The maximum absolute atomic E-state index is 12.3. The van der Waals surface area contributed by atoms with Crippen LogP contribution in [0.5, 0.6) is 0 Å².